The van der Waals surface area contributed by atoms with Crippen molar-refractivity contribution < 1.29 is 14.3 Å². The number of hydrogen-bond donors (Lipinski definition) is 2. The second-order valence-electron chi connectivity index (χ2n) is 4.69. The molecule has 0 aliphatic carbocycles. The zero-order valence-electron chi connectivity index (χ0n) is 11.6. The molecule has 2 aromatic rings. The Morgan fingerprint density at radius 3 is 2.76 bits per heavy atom. The van der Waals surface area contributed by atoms with Gasteiger partial charge in [0.25, 0.3) is 0 Å². The summed E-state index contributed by atoms with van der Waals surface area (Å²) in [4.78, 5) is 0. The zero-order valence-corrected chi connectivity index (χ0v) is 13.1. The minimum atomic E-state index is -0.642. The van der Waals surface area contributed by atoms with Gasteiger partial charge in [0.2, 0.25) is 0 Å². The van der Waals surface area contributed by atoms with Crippen LogP contribution in [0.15, 0.2) is 41.0 Å². The summed E-state index contributed by atoms with van der Waals surface area (Å²) < 4.78 is 10.7. The van der Waals surface area contributed by atoms with Crippen LogP contribution in [-0.2, 0) is 0 Å². The first-order valence-corrected chi connectivity index (χ1v) is 7.34. The molecular formula is C15H17Cl2NO3. The average Bonchev–Trinajstić information content (AvgIpc) is 3.00. The third-order valence-corrected chi connectivity index (χ3v) is 3.70. The van der Waals surface area contributed by atoms with Crippen molar-refractivity contribution in [1.29, 1.82) is 0 Å². The highest BCUT2D eigenvalue weighted by molar-refractivity contribution is 6.42. The molecule has 0 bridgehead atoms. The third-order valence-electron chi connectivity index (χ3n) is 2.96. The molecule has 2 N–H and O–H groups in total. The van der Waals surface area contributed by atoms with Gasteiger partial charge < -0.3 is 19.6 Å². The van der Waals surface area contributed by atoms with E-state index < -0.39 is 6.10 Å². The van der Waals surface area contributed by atoms with E-state index in [0.717, 1.165) is 5.76 Å². The van der Waals surface area contributed by atoms with Gasteiger partial charge in [0.1, 0.15) is 24.2 Å². The molecule has 4 nitrogen and oxygen atoms in total. The van der Waals surface area contributed by atoms with Crippen LogP contribution < -0.4 is 10.1 Å². The summed E-state index contributed by atoms with van der Waals surface area (Å²) in [5, 5.41) is 14.0. The summed E-state index contributed by atoms with van der Waals surface area (Å²) in [6.45, 7) is 2.52. The number of hydrogen-bond acceptors (Lipinski definition) is 4. The van der Waals surface area contributed by atoms with E-state index >= 15 is 0 Å². The predicted octanol–water partition coefficient (Wildman–Crippen LogP) is 3.68. The Kier molecular flexibility index (Phi) is 5.94. The first kappa shape index (κ1) is 16.2. The van der Waals surface area contributed by atoms with Crippen LogP contribution in [0.25, 0.3) is 0 Å². The molecule has 6 heteroatoms. The van der Waals surface area contributed by atoms with Crippen LogP contribution >= 0.6 is 23.2 Å². The summed E-state index contributed by atoms with van der Waals surface area (Å²) in [6.07, 6.45) is 0.981. The van der Waals surface area contributed by atoms with E-state index in [-0.39, 0.29) is 12.6 Å². The molecule has 1 aromatic heterocycles. The van der Waals surface area contributed by atoms with Gasteiger partial charge in [-0.2, -0.15) is 0 Å². The van der Waals surface area contributed by atoms with Gasteiger partial charge in [-0.15, -0.1) is 0 Å². The van der Waals surface area contributed by atoms with Crippen LogP contribution in [0.5, 0.6) is 5.75 Å². The standard InChI is InChI=1S/C15H17Cl2NO3/c1-10(15-3-2-6-20-15)18-8-11(19)9-21-12-4-5-13(16)14(17)7-12/h2-7,10-11,18-19H,8-9H2,1H3/t10-,11?/m0/s1. The van der Waals surface area contributed by atoms with Crippen molar-refractivity contribution in [1.82, 2.24) is 5.32 Å². The Balaban J connectivity index is 1.74. The van der Waals surface area contributed by atoms with Crippen molar-refractivity contribution in [2.75, 3.05) is 13.2 Å². The van der Waals surface area contributed by atoms with E-state index in [1.807, 2.05) is 19.1 Å². The predicted molar refractivity (Wildman–Crippen MR) is 83.1 cm³/mol. The molecule has 21 heavy (non-hydrogen) atoms. The monoisotopic (exact) mass is 329 g/mol. The number of aliphatic hydroxyl groups excluding tert-OH is 1. The van der Waals surface area contributed by atoms with E-state index in [9.17, 15) is 5.11 Å². The molecule has 0 radical (unpaired) electrons. The van der Waals surface area contributed by atoms with Gasteiger partial charge in [-0.05, 0) is 31.2 Å². The fourth-order valence-electron chi connectivity index (χ4n) is 1.77. The van der Waals surface area contributed by atoms with Gasteiger partial charge >= 0.3 is 0 Å². The maximum absolute atomic E-state index is 9.90. The normalized spacial score (nSPS) is 13.9. The highest BCUT2D eigenvalue weighted by Gasteiger charge is 2.11. The van der Waals surface area contributed by atoms with Crippen molar-refractivity contribution in [3.05, 3.63) is 52.4 Å². The fraction of sp³-hybridized carbons (Fsp3) is 0.333. The van der Waals surface area contributed by atoms with Crippen molar-refractivity contribution in [3.8, 4) is 5.75 Å². The minimum Gasteiger partial charge on any atom is -0.491 e. The SMILES string of the molecule is C[C@H](NCC(O)COc1ccc(Cl)c(Cl)c1)c1ccco1. The van der Waals surface area contributed by atoms with E-state index in [1.54, 1.807) is 24.5 Å². The minimum absolute atomic E-state index is 0.0274. The molecule has 2 atom stereocenters. The Hall–Kier alpha value is -1.20. The van der Waals surface area contributed by atoms with Gasteiger partial charge in [0.15, 0.2) is 0 Å². The van der Waals surface area contributed by atoms with Gasteiger partial charge in [-0.1, -0.05) is 23.2 Å². The van der Waals surface area contributed by atoms with Crippen LogP contribution in [0.2, 0.25) is 10.0 Å². The lowest BCUT2D eigenvalue weighted by atomic mass is 10.2. The summed E-state index contributed by atoms with van der Waals surface area (Å²) in [5.74, 6) is 1.40. The molecule has 0 saturated heterocycles. The van der Waals surface area contributed by atoms with Crippen molar-refractivity contribution in [3.63, 3.8) is 0 Å². The summed E-state index contributed by atoms with van der Waals surface area (Å²) in [6, 6.07) is 8.73. The number of halogens is 2. The molecule has 1 aromatic carbocycles. The fourth-order valence-corrected chi connectivity index (χ4v) is 2.06. The molecule has 2 rings (SSSR count). The molecule has 1 heterocycles. The average molecular weight is 330 g/mol. The molecule has 0 spiro atoms. The van der Waals surface area contributed by atoms with Crippen molar-refractivity contribution in [2.45, 2.75) is 19.1 Å². The lowest BCUT2D eigenvalue weighted by Gasteiger charge is -2.16. The zero-order chi connectivity index (χ0) is 15.2. The Bertz CT molecular complexity index is 560. The number of ether oxygens (including phenoxy) is 1. The summed E-state index contributed by atoms with van der Waals surface area (Å²) in [5.41, 5.74) is 0. The number of aliphatic hydroxyl groups is 1. The van der Waals surface area contributed by atoms with E-state index in [2.05, 4.69) is 5.32 Å². The Labute approximate surface area is 133 Å². The highest BCUT2D eigenvalue weighted by atomic mass is 35.5. The summed E-state index contributed by atoms with van der Waals surface area (Å²) in [7, 11) is 0. The molecule has 114 valence electrons. The number of benzene rings is 1. The van der Waals surface area contributed by atoms with Gasteiger partial charge in [-0.25, -0.2) is 0 Å². The second kappa shape index (κ2) is 7.71. The van der Waals surface area contributed by atoms with Crippen molar-refractivity contribution >= 4 is 23.2 Å². The Morgan fingerprint density at radius 1 is 1.29 bits per heavy atom. The van der Waals surface area contributed by atoms with Gasteiger partial charge in [0, 0.05) is 12.6 Å². The maximum atomic E-state index is 9.90. The van der Waals surface area contributed by atoms with Gasteiger partial charge in [-0.3, -0.25) is 0 Å². The topological polar surface area (TPSA) is 54.6 Å². The van der Waals surface area contributed by atoms with Crippen LogP contribution in [-0.4, -0.2) is 24.4 Å². The molecular weight excluding hydrogens is 313 g/mol. The largest absolute Gasteiger partial charge is 0.491 e. The number of rotatable bonds is 7. The second-order valence-corrected chi connectivity index (χ2v) is 5.50. The molecule has 0 amide bonds. The van der Waals surface area contributed by atoms with E-state index in [0.29, 0.717) is 22.3 Å². The molecule has 0 aliphatic rings. The lowest BCUT2D eigenvalue weighted by Crippen LogP contribution is -2.32. The number of furan rings is 1. The molecule has 0 saturated carbocycles. The first-order chi connectivity index (χ1) is 10.1. The quantitative estimate of drug-likeness (QED) is 0.813. The Morgan fingerprint density at radius 2 is 2.10 bits per heavy atom. The third kappa shape index (κ3) is 4.93. The van der Waals surface area contributed by atoms with Crippen LogP contribution in [0.1, 0.15) is 18.7 Å². The molecule has 0 aliphatic heterocycles. The van der Waals surface area contributed by atoms with Crippen LogP contribution in [0.3, 0.4) is 0 Å². The summed E-state index contributed by atoms with van der Waals surface area (Å²) >= 11 is 11.7. The maximum Gasteiger partial charge on any atom is 0.121 e. The smallest absolute Gasteiger partial charge is 0.121 e. The van der Waals surface area contributed by atoms with E-state index in [4.69, 9.17) is 32.4 Å². The van der Waals surface area contributed by atoms with Crippen molar-refractivity contribution in [2.24, 2.45) is 0 Å². The van der Waals surface area contributed by atoms with Gasteiger partial charge in [0.05, 0.1) is 22.4 Å². The number of nitrogens with one attached hydrogen (secondary N) is 1. The lowest BCUT2D eigenvalue weighted by molar-refractivity contribution is 0.103. The van der Waals surface area contributed by atoms with Crippen LogP contribution in [0.4, 0.5) is 0 Å². The van der Waals surface area contributed by atoms with Crippen LogP contribution in [0, 0.1) is 0 Å². The van der Waals surface area contributed by atoms with E-state index in [1.165, 1.54) is 0 Å². The molecule has 1 unspecified atom stereocenters. The highest BCUT2D eigenvalue weighted by Crippen LogP contribution is 2.26. The molecule has 0 fully saturated rings. The first-order valence-electron chi connectivity index (χ1n) is 6.59.